The predicted octanol–water partition coefficient (Wildman–Crippen LogP) is 3.03. The van der Waals surface area contributed by atoms with E-state index in [2.05, 4.69) is 0 Å². The Hall–Kier alpha value is -1.68. The summed E-state index contributed by atoms with van der Waals surface area (Å²) in [7, 11) is 1.71. The summed E-state index contributed by atoms with van der Waals surface area (Å²) in [4.78, 5) is 26.0. The van der Waals surface area contributed by atoms with E-state index in [1.165, 1.54) is 0 Å². The normalized spacial score (nSPS) is 16.3. The Bertz CT molecular complexity index is 588. The van der Waals surface area contributed by atoms with E-state index in [1.807, 2.05) is 32.0 Å². The molecule has 1 saturated carbocycles. The van der Waals surface area contributed by atoms with Crippen molar-refractivity contribution in [1.82, 2.24) is 4.90 Å². The van der Waals surface area contributed by atoms with Crippen molar-refractivity contribution in [2.45, 2.75) is 58.0 Å². The molecule has 1 aromatic rings. The van der Waals surface area contributed by atoms with Crippen LogP contribution in [0, 0.1) is 13.8 Å². The molecular weight excluding hydrogens is 290 g/mol. The lowest BCUT2D eigenvalue weighted by Gasteiger charge is -2.28. The molecule has 1 aliphatic rings. The summed E-state index contributed by atoms with van der Waals surface area (Å²) in [6, 6.07) is 5.64. The fourth-order valence-corrected chi connectivity index (χ4v) is 3.19. The van der Waals surface area contributed by atoms with Gasteiger partial charge in [0.25, 0.3) is 0 Å². The summed E-state index contributed by atoms with van der Waals surface area (Å²) in [5, 5.41) is 10.4. The van der Waals surface area contributed by atoms with E-state index in [-0.39, 0.29) is 24.5 Å². The molecule has 4 heteroatoms. The minimum Gasteiger partial charge on any atom is -0.388 e. The Morgan fingerprint density at radius 2 is 1.78 bits per heavy atom. The monoisotopic (exact) mass is 317 g/mol. The van der Waals surface area contributed by atoms with Gasteiger partial charge >= 0.3 is 0 Å². The molecule has 0 saturated heterocycles. The second kappa shape index (κ2) is 7.26. The maximum absolute atomic E-state index is 12.2. The standard InChI is InChI=1S/C19H27NO3/c1-14-6-7-16(12-15(14)2)17(21)8-9-18(22)20(3)13-19(23)10-4-5-11-19/h6-7,12,23H,4-5,8-11,13H2,1-3H3. The van der Waals surface area contributed by atoms with Crippen molar-refractivity contribution in [1.29, 1.82) is 0 Å². The lowest BCUT2D eigenvalue weighted by atomic mass is 10.00. The van der Waals surface area contributed by atoms with Crippen LogP contribution in [-0.2, 0) is 4.79 Å². The van der Waals surface area contributed by atoms with Crippen LogP contribution >= 0.6 is 0 Å². The number of hydrogen-bond donors (Lipinski definition) is 1. The molecule has 23 heavy (non-hydrogen) atoms. The fourth-order valence-electron chi connectivity index (χ4n) is 3.19. The molecule has 126 valence electrons. The Morgan fingerprint density at radius 1 is 1.13 bits per heavy atom. The average molecular weight is 317 g/mol. The zero-order valence-corrected chi connectivity index (χ0v) is 14.4. The average Bonchev–Trinajstić information content (AvgIpc) is 2.93. The third-order valence-electron chi connectivity index (χ3n) is 4.89. The number of likely N-dealkylation sites (N-methyl/N-ethyl adjacent to an activating group) is 1. The van der Waals surface area contributed by atoms with Crippen LogP contribution in [0.2, 0.25) is 0 Å². The number of hydrogen-bond acceptors (Lipinski definition) is 3. The van der Waals surface area contributed by atoms with Gasteiger partial charge in [0.05, 0.1) is 5.60 Å². The topological polar surface area (TPSA) is 57.6 Å². The van der Waals surface area contributed by atoms with E-state index in [4.69, 9.17) is 0 Å². The van der Waals surface area contributed by atoms with Crippen molar-refractivity contribution < 1.29 is 14.7 Å². The number of carbonyl (C=O) groups excluding carboxylic acids is 2. The molecule has 0 bridgehead atoms. The summed E-state index contributed by atoms with van der Waals surface area (Å²) in [5.41, 5.74) is 2.17. The molecular formula is C19H27NO3. The van der Waals surface area contributed by atoms with E-state index in [9.17, 15) is 14.7 Å². The molecule has 0 spiro atoms. The van der Waals surface area contributed by atoms with Crippen LogP contribution in [0.1, 0.15) is 60.0 Å². The summed E-state index contributed by atoms with van der Waals surface area (Å²) in [6.45, 7) is 4.35. The van der Waals surface area contributed by atoms with Gasteiger partial charge in [-0.3, -0.25) is 9.59 Å². The van der Waals surface area contributed by atoms with Gasteiger partial charge in [-0.05, 0) is 43.9 Å². The van der Waals surface area contributed by atoms with Crippen LogP contribution in [0.25, 0.3) is 0 Å². The van der Waals surface area contributed by atoms with Gasteiger partial charge in [0.2, 0.25) is 5.91 Å². The molecule has 1 N–H and O–H groups in total. The molecule has 1 amide bonds. The van der Waals surface area contributed by atoms with Crippen LogP contribution in [0.3, 0.4) is 0 Å². The van der Waals surface area contributed by atoms with E-state index < -0.39 is 5.60 Å². The van der Waals surface area contributed by atoms with E-state index in [0.717, 1.165) is 36.8 Å². The number of rotatable bonds is 6. The van der Waals surface area contributed by atoms with E-state index >= 15 is 0 Å². The second-order valence-corrected chi connectivity index (χ2v) is 6.90. The molecule has 2 rings (SSSR count). The molecule has 1 aromatic carbocycles. The lowest BCUT2D eigenvalue weighted by molar-refractivity contribution is -0.133. The van der Waals surface area contributed by atoms with Crippen molar-refractivity contribution in [3.8, 4) is 0 Å². The Labute approximate surface area is 138 Å². The number of nitrogens with zero attached hydrogens (tertiary/aromatic N) is 1. The van der Waals surface area contributed by atoms with Crippen LogP contribution < -0.4 is 0 Å². The maximum Gasteiger partial charge on any atom is 0.222 e. The first-order valence-electron chi connectivity index (χ1n) is 8.37. The van der Waals surface area contributed by atoms with Crippen molar-refractivity contribution in [3.63, 3.8) is 0 Å². The highest BCUT2D eigenvalue weighted by atomic mass is 16.3. The van der Waals surface area contributed by atoms with Crippen LogP contribution in [0.15, 0.2) is 18.2 Å². The van der Waals surface area contributed by atoms with Gasteiger partial charge in [0.1, 0.15) is 0 Å². The Balaban J connectivity index is 1.85. The van der Waals surface area contributed by atoms with Crippen molar-refractivity contribution in [2.24, 2.45) is 0 Å². The molecule has 0 unspecified atom stereocenters. The highest BCUT2D eigenvalue weighted by molar-refractivity contribution is 5.98. The molecule has 1 aliphatic carbocycles. The summed E-state index contributed by atoms with van der Waals surface area (Å²) < 4.78 is 0. The van der Waals surface area contributed by atoms with Gasteiger partial charge < -0.3 is 10.0 Å². The van der Waals surface area contributed by atoms with Gasteiger partial charge in [0, 0.05) is 32.0 Å². The van der Waals surface area contributed by atoms with Gasteiger partial charge in [-0.15, -0.1) is 0 Å². The van der Waals surface area contributed by atoms with Gasteiger partial charge in [0.15, 0.2) is 5.78 Å². The quantitative estimate of drug-likeness (QED) is 0.821. The second-order valence-electron chi connectivity index (χ2n) is 6.90. The Morgan fingerprint density at radius 3 is 2.39 bits per heavy atom. The summed E-state index contributed by atoms with van der Waals surface area (Å²) in [6.07, 6.45) is 3.95. The molecule has 4 nitrogen and oxygen atoms in total. The highest BCUT2D eigenvalue weighted by Gasteiger charge is 2.33. The van der Waals surface area contributed by atoms with Crippen molar-refractivity contribution in [2.75, 3.05) is 13.6 Å². The highest BCUT2D eigenvalue weighted by Crippen LogP contribution is 2.30. The minimum atomic E-state index is -0.734. The first kappa shape index (κ1) is 17.7. The van der Waals surface area contributed by atoms with Crippen LogP contribution in [0.5, 0.6) is 0 Å². The lowest BCUT2D eigenvalue weighted by Crippen LogP contribution is -2.42. The molecule has 0 radical (unpaired) electrons. The fraction of sp³-hybridized carbons (Fsp3) is 0.579. The number of Topliss-reactive ketones (excluding diaryl/α,β-unsaturated/α-hetero) is 1. The Kier molecular flexibility index (Phi) is 5.58. The molecule has 0 aromatic heterocycles. The maximum atomic E-state index is 12.2. The predicted molar refractivity (Wildman–Crippen MR) is 90.5 cm³/mol. The zero-order valence-electron chi connectivity index (χ0n) is 14.4. The van der Waals surface area contributed by atoms with Crippen LogP contribution in [-0.4, -0.2) is 40.9 Å². The zero-order chi connectivity index (χ0) is 17.0. The van der Waals surface area contributed by atoms with E-state index in [0.29, 0.717) is 12.1 Å². The smallest absolute Gasteiger partial charge is 0.222 e. The first-order chi connectivity index (χ1) is 10.8. The van der Waals surface area contributed by atoms with Gasteiger partial charge in [-0.2, -0.15) is 0 Å². The summed E-state index contributed by atoms with van der Waals surface area (Å²) in [5.74, 6) is -0.0862. The molecule has 0 aliphatic heterocycles. The third kappa shape index (κ3) is 4.64. The molecule has 0 heterocycles. The van der Waals surface area contributed by atoms with Crippen molar-refractivity contribution >= 4 is 11.7 Å². The first-order valence-corrected chi connectivity index (χ1v) is 8.37. The third-order valence-corrected chi connectivity index (χ3v) is 4.89. The SMILES string of the molecule is Cc1ccc(C(=O)CCC(=O)N(C)CC2(O)CCCC2)cc1C. The number of benzene rings is 1. The number of ketones is 1. The molecule has 0 atom stereocenters. The van der Waals surface area contributed by atoms with Crippen molar-refractivity contribution in [3.05, 3.63) is 34.9 Å². The summed E-state index contributed by atoms with van der Waals surface area (Å²) >= 11 is 0. The number of aliphatic hydroxyl groups is 1. The van der Waals surface area contributed by atoms with Gasteiger partial charge in [-0.25, -0.2) is 0 Å². The van der Waals surface area contributed by atoms with E-state index in [1.54, 1.807) is 11.9 Å². The number of aryl methyl sites for hydroxylation is 2. The van der Waals surface area contributed by atoms with Crippen LogP contribution in [0.4, 0.5) is 0 Å². The number of carbonyl (C=O) groups is 2. The van der Waals surface area contributed by atoms with Gasteiger partial charge in [-0.1, -0.05) is 25.0 Å². The molecule has 1 fully saturated rings. The largest absolute Gasteiger partial charge is 0.388 e. The number of amides is 1. The minimum absolute atomic E-state index is 0.00516.